The van der Waals surface area contributed by atoms with E-state index in [9.17, 15) is 8.42 Å². The van der Waals surface area contributed by atoms with E-state index >= 15 is 0 Å². The first-order valence-electron chi connectivity index (χ1n) is 8.77. The smallest absolute Gasteiger partial charge is 0.209 e. The van der Waals surface area contributed by atoms with Gasteiger partial charge in [-0.3, -0.25) is 0 Å². The molecule has 3 heterocycles. The third-order valence-electron chi connectivity index (χ3n) is 5.91. The molecule has 2 bridgehead atoms. The number of aromatic amines is 2. The van der Waals surface area contributed by atoms with Crippen LogP contribution < -0.4 is 4.72 Å². The molecular formula is C17H21N5O2S. The summed E-state index contributed by atoms with van der Waals surface area (Å²) in [7, 11) is -3.33. The van der Waals surface area contributed by atoms with Crippen LogP contribution in [0.4, 0.5) is 0 Å². The standard InChI is InChI=1S/C17H21N5O2S/c1-25(23,24)22-15(12-7-9-2-3-10(12)6-9)17-20-13-8-19-16-11(4-5-18-16)14(13)21-17/h4-5,8-10,12,15,22H,2-3,6-7H2,1H3,(H,18,19)(H,20,21). The lowest BCUT2D eigenvalue weighted by Gasteiger charge is -2.29. The van der Waals surface area contributed by atoms with Gasteiger partial charge >= 0.3 is 0 Å². The average Bonchev–Trinajstić information content (AvgIpc) is 3.32. The van der Waals surface area contributed by atoms with Crippen LogP contribution in [0.1, 0.15) is 37.5 Å². The molecule has 2 aliphatic carbocycles. The van der Waals surface area contributed by atoms with Crippen molar-refractivity contribution < 1.29 is 8.42 Å². The van der Waals surface area contributed by atoms with Gasteiger partial charge in [0.15, 0.2) is 0 Å². The molecule has 2 saturated carbocycles. The summed E-state index contributed by atoms with van der Waals surface area (Å²) in [4.78, 5) is 15.6. The maximum Gasteiger partial charge on any atom is 0.209 e. The van der Waals surface area contributed by atoms with E-state index < -0.39 is 10.0 Å². The summed E-state index contributed by atoms with van der Waals surface area (Å²) < 4.78 is 26.8. The number of hydrogen-bond donors (Lipinski definition) is 3. The number of sulfonamides is 1. The van der Waals surface area contributed by atoms with E-state index in [1.165, 1.54) is 25.5 Å². The third kappa shape index (κ3) is 2.55. The van der Waals surface area contributed by atoms with Gasteiger partial charge in [-0.1, -0.05) is 6.42 Å². The lowest BCUT2D eigenvalue weighted by Crippen LogP contribution is -2.35. The third-order valence-corrected chi connectivity index (χ3v) is 6.59. The van der Waals surface area contributed by atoms with E-state index in [0.29, 0.717) is 17.7 Å². The molecule has 4 unspecified atom stereocenters. The monoisotopic (exact) mass is 359 g/mol. The van der Waals surface area contributed by atoms with Gasteiger partial charge in [0, 0.05) is 11.6 Å². The first kappa shape index (κ1) is 15.3. The van der Waals surface area contributed by atoms with Gasteiger partial charge in [-0.05, 0) is 43.1 Å². The maximum atomic E-state index is 12.0. The molecule has 5 rings (SSSR count). The zero-order valence-corrected chi connectivity index (χ0v) is 14.8. The van der Waals surface area contributed by atoms with Crippen LogP contribution in [0, 0.1) is 17.8 Å². The van der Waals surface area contributed by atoms with Gasteiger partial charge in [0.2, 0.25) is 10.0 Å². The SMILES string of the molecule is CS(=O)(=O)NC(c1nc2c(cnc3[nH]ccc32)[nH]1)C1CC2CCC1C2. The Morgan fingerprint density at radius 3 is 2.92 bits per heavy atom. The van der Waals surface area contributed by atoms with Crippen LogP contribution in [0.2, 0.25) is 0 Å². The minimum absolute atomic E-state index is 0.299. The average molecular weight is 359 g/mol. The molecule has 2 aliphatic rings. The van der Waals surface area contributed by atoms with Crippen molar-refractivity contribution in [2.24, 2.45) is 17.8 Å². The second kappa shape index (κ2) is 5.28. The molecule has 0 aliphatic heterocycles. The summed E-state index contributed by atoms with van der Waals surface area (Å²) in [6.07, 6.45) is 9.59. The van der Waals surface area contributed by atoms with Crippen molar-refractivity contribution in [2.45, 2.75) is 31.7 Å². The molecule has 0 spiro atoms. The molecular weight excluding hydrogens is 338 g/mol. The Morgan fingerprint density at radius 1 is 1.32 bits per heavy atom. The quantitative estimate of drug-likeness (QED) is 0.665. The van der Waals surface area contributed by atoms with Gasteiger partial charge in [0.25, 0.3) is 0 Å². The predicted octanol–water partition coefficient (Wildman–Crippen LogP) is 2.47. The molecule has 3 aromatic rings. The molecule has 8 heteroatoms. The number of nitrogens with zero attached hydrogens (tertiary/aromatic N) is 2. The van der Waals surface area contributed by atoms with Crippen molar-refractivity contribution in [3.63, 3.8) is 0 Å². The zero-order valence-electron chi connectivity index (χ0n) is 14.0. The van der Waals surface area contributed by atoms with Gasteiger partial charge in [-0.15, -0.1) is 0 Å². The number of pyridine rings is 1. The summed E-state index contributed by atoms with van der Waals surface area (Å²) in [6, 6.07) is 1.65. The molecule has 3 N–H and O–H groups in total. The van der Waals surface area contributed by atoms with Crippen LogP contribution in [-0.2, 0) is 10.0 Å². The number of hydrogen-bond acceptors (Lipinski definition) is 4. The molecule has 0 amide bonds. The molecule has 132 valence electrons. The van der Waals surface area contributed by atoms with Crippen molar-refractivity contribution >= 4 is 32.1 Å². The largest absolute Gasteiger partial charge is 0.346 e. The second-order valence-corrected chi connectivity index (χ2v) is 9.37. The number of H-pyrrole nitrogens is 2. The van der Waals surface area contributed by atoms with Crippen LogP contribution in [0.3, 0.4) is 0 Å². The van der Waals surface area contributed by atoms with E-state index in [1.54, 1.807) is 6.20 Å². The van der Waals surface area contributed by atoms with E-state index in [2.05, 4.69) is 19.7 Å². The molecule has 0 saturated heterocycles. The van der Waals surface area contributed by atoms with Crippen LogP contribution in [0.25, 0.3) is 22.1 Å². The van der Waals surface area contributed by atoms with Crippen LogP contribution in [-0.4, -0.2) is 34.6 Å². The Kier molecular flexibility index (Phi) is 3.24. The Hall–Kier alpha value is -1.93. The molecule has 3 aromatic heterocycles. The Balaban J connectivity index is 1.61. The van der Waals surface area contributed by atoms with E-state index in [1.807, 2.05) is 12.3 Å². The minimum Gasteiger partial charge on any atom is -0.346 e. The van der Waals surface area contributed by atoms with Crippen molar-refractivity contribution in [1.82, 2.24) is 24.7 Å². The Labute approximate surface area is 145 Å². The number of rotatable bonds is 4. The number of imidazole rings is 1. The highest BCUT2D eigenvalue weighted by atomic mass is 32.2. The molecule has 7 nitrogen and oxygen atoms in total. The van der Waals surface area contributed by atoms with Crippen molar-refractivity contribution in [2.75, 3.05) is 6.26 Å². The molecule has 25 heavy (non-hydrogen) atoms. The molecule has 4 atom stereocenters. The van der Waals surface area contributed by atoms with E-state index in [0.717, 1.165) is 34.4 Å². The molecule has 0 radical (unpaired) electrons. The highest BCUT2D eigenvalue weighted by molar-refractivity contribution is 7.88. The summed E-state index contributed by atoms with van der Waals surface area (Å²) >= 11 is 0. The number of aromatic nitrogens is 4. The van der Waals surface area contributed by atoms with E-state index in [4.69, 9.17) is 4.98 Å². The van der Waals surface area contributed by atoms with Gasteiger partial charge < -0.3 is 9.97 Å². The van der Waals surface area contributed by atoms with Crippen LogP contribution >= 0.6 is 0 Å². The van der Waals surface area contributed by atoms with Crippen molar-refractivity contribution in [3.05, 3.63) is 24.3 Å². The highest BCUT2D eigenvalue weighted by Crippen LogP contribution is 2.52. The van der Waals surface area contributed by atoms with E-state index in [-0.39, 0.29) is 6.04 Å². The first-order valence-corrected chi connectivity index (χ1v) is 10.7. The molecule has 0 aromatic carbocycles. The minimum atomic E-state index is -3.33. The number of nitrogens with one attached hydrogen (secondary N) is 3. The summed E-state index contributed by atoms with van der Waals surface area (Å²) in [6.45, 7) is 0. The Morgan fingerprint density at radius 2 is 2.20 bits per heavy atom. The van der Waals surface area contributed by atoms with Crippen LogP contribution in [0.5, 0.6) is 0 Å². The summed E-state index contributed by atoms with van der Waals surface area (Å²) in [5, 5.41) is 0.950. The highest BCUT2D eigenvalue weighted by Gasteiger charge is 2.45. The zero-order chi connectivity index (χ0) is 17.2. The van der Waals surface area contributed by atoms with Gasteiger partial charge in [-0.25, -0.2) is 23.1 Å². The lowest BCUT2D eigenvalue weighted by molar-refractivity contribution is 0.265. The topological polar surface area (TPSA) is 104 Å². The maximum absolute atomic E-state index is 12.0. The summed E-state index contributed by atoms with van der Waals surface area (Å²) in [5.74, 6) is 2.33. The van der Waals surface area contributed by atoms with Gasteiger partial charge in [0.05, 0.1) is 24.0 Å². The van der Waals surface area contributed by atoms with Crippen LogP contribution in [0.15, 0.2) is 18.5 Å². The normalized spacial score (nSPS) is 27.5. The number of fused-ring (bicyclic) bond motifs is 5. The lowest BCUT2D eigenvalue weighted by atomic mass is 9.83. The summed E-state index contributed by atoms with van der Waals surface area (Å²) in [5.41, 5.74) is 2.47. The fraction of sp³-hybridized carbons (Fsp3) is 0.529. The van der Waals surface area contributed by atoms with Crippen molar-refractivity contribution in [1.29, 1.82) is 0 Å². The van der Waals surface area contributed by atoms with Crippen molar-refractivity contribution in [3.8, 4) is 0 Å². The predicted molar refractivity (Wildman–Crippen MR) is 95.4 cm³/mol. The van der Waals surface area contributed by atoms with Gasteiger partial charge in [-0.2, -0.15) is 0 Å². The molecule has 2 fully saturated rings. The second-order valence-electron chi connectivity index (χ2n) is 7.59. The van der Waals surface area contributed by atoms with Gasteiger partial charge in [0.1, 0.15) is 17.0 Å². The fourth-order valence-electron chi connectivity index (χ4n) is 4.92. The first-order chi connectivity index (χ1) is 12.0. The Bertz CT molecular complexity index is 1050. The fourth-order valence-corrected chi connectivity index (χ4v) is 5.67.